The summed E-state index contributed by atoms with van der Waals surface area (Å²) in [5.41, 5.74) is 0. The van der Waals surface area contributed by atoms with E-state index >= 15 is 0 Å². The van der Waals surface area contributed by atoms with E-state index in [9.17, 15) is 4.79 Å². The highest BCUT2D eigenvalue weighted by Crippen LogP contribution is 2.17. The molecule has 1 amide bonds. The van der Waals surface area contributed by atoms with Gasteiger partial charge in [0.1, 0.15) is 0 Å². The molecule has 20 heavy (non-hydrogen) atoms. The van der Waals surface area contributed by atoms with Gasteiger partial charge in [0.05, 0.1) is 12.6 Å². The molecule has 1 saturated carbocycles. The van der Waals surface area contributed by atoms with E-state index < -0.39 is 0 Å². The minimum atomic E-state index is 0.214. The van der Waals surface area contributed by atoms with Gasteiger partial charge in [-0.3, -0.25) is 9.69 Å². The molecule has 1 aliphatic heterocycles. The molecule has 116 valence electrons. The zero-order valence-electron chi connectivity index (χ0n) is 12.9. The number of likely N-dealkylation sites (tertiary alicyclic amines) is 1. The molecular formula is C16H30N2O2. The fraction of sp³-hybridized carbons (Fsp3) is 0.938. The smallest absolute Gasteiger partial charge is 0.234 e. The Morgan fingerprint density at radius 1 is 1.05 bits per heavy atom. The molecule has 1 N–H and O–H groups in total. The third-order valence-corrected chi connectivity index (χ3v) is 4.71. The third kappa shape index (κ3) is 5.41. The van der Waals surface area contributed by atoms with Crippen molar-refractivity contribution >= 4 is 5.91 Å². The van der Waals surface area contributed by atoms with Crippen molar-refractivity contribution in [1.29, 1.82) is 0 Å². The Bertz CT molecular complexity index is 280. The first kappa shape index (κ1) is 15.8. The van der Waals surface area contributed by atoms with Crippen LogP contribution in [0.25, 0.3) is 0 Å². The van der Waals surface area contributed by atoms with Crippen LogP contribution in [-0.2, 0) is 9.53 Å². The number of nitrogens with zero attached hydrogens (tertiary/aromatic N) is 1. The van der Waals surface area contributed by atoms with Gasteiger partial charge in [0, 0.05) is 26.2 Å². The number of methoxy groups -OCH3 is 1. The Hall–Kier alpha value is -0.610. The van der Waals surface area contributed by atoms with E-state index in [1.807, 2.05) is 0 Å². The number of piperidine rings is 1. The number of carbonyl (C=O) groups excluding carboxylic acids is 1. The molecule has 0 aromatic heterocycles. The lowest BCUT2D eigenvalue weighted by atomic mass is 9.97. The van der Waals surface area contributed by atoms with Gasteiger partial charge in [-0.05, 0) is 25.7 Å². The number of carbonyl (C=O) groups is 1. The van der Waals surface area contributed by atoms with Crippen LogP contribution in [0.3, 0.4) is 0 Å². The first-order valence-corrected chi connectivity index (χ1v) is 8.32. The van der Waals surface area contributed by atoms with Gasteiger partial charge in [0.2, 0.25) is 5.91 Å². The van der Waals surface area contributed by atoms with Crippen LogP contribution in [-0.4, -0.2) is 49.7 Å². The van der Waals surface area contributed by atoms with Crippen LogP contribution in [0.1, 0.15) is 57.8 Å². The second-order valence-corrected chi connectivity index (χ2v) is 6.32. The summed E-state index contributed by atoms with van der Waals surface area (Å²) < 4.78 is 5.36. The van der Waals surface area contributed by atoms with Crippen molar-refractivity contribution in [2.75, 3.05) is 26.7 Å². The number of hydrogen-bond acceptors (Lipinski definition) is 3. The molecule has 0 aromatic rings. The Morgan fingerprint density at radius 2 is 1.65 bits per heavy atom. The second kappa shape index (κ2) is 8.63. The average molecular weight is 282 g/mol. The zero-order chi connectivity index (χ0) is 14.2. The molecule has 0 bridgehead atoms. The summed E-state index contributed by atoms with van der Waals surface area (Å²) >= 11 is 0. The van der Waals surface area contributed by atoms with Gasteiger partial charge in [-0.15, -0.1) is 0 Å². The highest BCUT2D eigenvalue weighted by Gasteiger charge is 2.21. The number of amides is 1. The first-order chi connectivity index (χ1) is 9.78. The zero-order valence-corrected chi connectivity index (χ0v) is 12.9. The summed E-state index contributed by atoms with van der Waals surface area (Å²) in [6.45, 7) is 2.53. The van der Waals surface area contributed by atoms with Gasteiger partial charge in [0.25, 0.3) is 0 Å². The summed E-state index contributed by atoms with van der Waals surface area (Å²) in [6.07, 6.45) is 11.4. The summed E-state index contributed by atoms with van der Waals surface area (Å²) in [7, 11) is 1.78. The molecule has 4 nitrogen and oxygen atoms in total. The standard InChI is InChI=1S/C16H30N2O2/c1-20-15-9-11-18(12-10-15)13-16(19)17-14-7-5-3-2-4-6-8-14/h14-15H,2-13H2,1H3,(H,17,19). The molecule has 0 aromatic carbocycles. The molecule has 0 spiro atoms. The van der Waals surface area contributed by atoms with Gasteiger partial charge in [0.15, 0.2) is 0 Å². The number of nitrogens with one attached hydrogen (secondary N) is 1. The number of rotatable bonds is 4. The van der Waals surface area contributed by atoms with Crippen molar-refractivity contribution in [3.63, 3.8) is 0 Å². The molecule has 0 unspecified atom stereocenters. The van der Waals surface area contributed by atoms with Gasteiger partial charge < -0.3 is 10.1 Å². The normalized spacial score (nSPS) is 24.1. The van der Waals surface area contributed by atoms with Crippen molar-refractivity contribution in [2.45, 2.75) is 69.9 Å². The molecule has 1 saturated heterocycles. The van der Waals surface area contributed by atoms with E-state index in [1.165, 1.54) is 32.1 Å². The second-order valence-electron chi connectivity index (χ2n) is 6.32. The van der Waals surface area contributed by atoms with Crippen molar-refractivity contribution < 1.29 is 9.53 Å². The van der Waals surface area contributed by atoms with Crippen LogP contribution < -0.4 is 5.32 Å². The SMILES string of the molecule is COC1CCN(CC(=O)NC2CCCCCCC2)CC1. The molecule has 2 rings (SSSR count). The Labute approximate surface area is 123 Å². The quantitative estimate of drug-likeness (QED) is 0.860. The van der Waals surface area contributed by atoms with Gasteiger partial charge in [-0.2, -0.15) is 0 Å². The fourth-order valence-electron chi connectivity index (χ4n) is 3.38. The van der Waals surface area contributed by atoms with Gasteiger partial charge >= 0.3 is 0 Å². The molecule has 0 radical (unpaired) electrons. The summed E-state index contributed by atoms with van der Waals surface area (Å²) in [5.74, 6) is 0.214. The lowest BCUT2D eigenvalue weighted by Gasteiger charge is -2.31. The van der Waals surface area contributed by atoms with Gasteiger partial charge in [-0.25, -0.2) is 0 Å². The lowest BCUT2D eigenvalue weighted by Crippen LogP contribution is -2.45. The first-order valence-electron chi connectivity index (χ1n) is 8.32. The number of ether oxygens (including phenoxy) is 1. The van der Waals surface area contributed by atoms with Crippen molar-refractivity contribution in [3.8, 4) is 0 Å². The minimum absolute atomic E-state index is 0.214. The monoisotopic (exact) mass is 282 g/mol. The molecule has 2 fully saturated rings. The van der Waals surface area contributed by atoms with Crippen molar-refractivity contribution in [3.05, 3.63) is 0 Å². The van der Waals surface area contributed by atoms with E-state index in [0.717, 1.165) is 38.8 Å². The maximum atomic E-state index is 12.1. The van der Waals surface area contributed by atoms with E-state index in [2.05, 4.69) is 10.2 Å². The van der Waals surface area contributed by atoms with Gasteiger partial charge in [-0.1, -0.05) is 32.1 Å². The van der Waals surface area contributed by atoms with Crippen LogP contribution in [0.4, 0.5) is 0 Å². The molecular weight excluding hydrogens is 252 g/mol. The average Bonchev–Trinajstić information content (AvgIpc) is 2.42. The topological polar surface area (TPSA) is 41.6 Å². The summed E-state index contributed by atoms with van der Waals surface area (Å²) in [4.78, 5) is 14.4. The van der Waals surface area contributed by atoms with E-state index in [1.54, 1.807) is 7.11 Å². The van der Waals surface area contributed by atoms with Crippen molar-refractivity contribution in [2.24, 2.45) is 0 Å². The fourth-order valence-corrected chi connectivity index (χ4v) is 3.38. The van der Waals surface area contributed by atoms with E-state index in [-0.39, 0.29) is 5.91 Å². The summed E-state index contributed by atoms with van der Waals surface area (Å²) in [5, 5.41) is 3.25. The third-order valence-electron chi connectivity index (χ3n) is 4.71. The predicted octanol–water partition coefficient (Wildman–Crippen LogP) is 2.33. The molecule has 1 aliphatic carbocycles. The molecule has 1 heterocycles. The summed E-state index contributed by atoms with van der Waals surface area (Å²) in [6, 6.07) is 0.416. The predicted molar refractivity (Wildman–Crippen MR) is 80.7 cm³/mol. The molecule has 4 heteroatoms. The molecule has 2 aliphatic rings. The number of hydrogen-bond donors (Lipinski definition) is 1. The van der Waals surface area contributed by atoms with Crippen LogP contribution in [0.2, 0.25) is 0 Å². The van der Waals surface area contributed by atoms with Crippen molar-refractivity contribution in [1.82, 2.24) is 10.2 Å². The Kier molecular flexibility index (Phi) is 6.80. The largest absolute Gasteiger partial charge is 0.381 e. The highest BCUT2D eigenvalue weighted by atomic mass is 16.5. The Morgan fingerprint density at radius 3 is 2.25 bits per heavy atom. The highest BCUT2D eigenvalue weighted by molar-refractivity contribution is 5.78. The van der Waals surface area contributed by atoms with Crippen LogP contribution in [0, 0.1) is 0 Å². The molecule has 0 atom stereocenters. The van der Waals surface area contributed by atoms with E-state index in [4.69, 9.17) is 4.74 Å². The van der Waals surface area contributed by atoms with Crippen LogP contribution in [0.15, 0.2) is 0 Å². The minimum Gasteiger partial charge on any atom is -0.381 e. The van der Waals surface area contributed by atoms with Crippen LogP contribution in [0.5, 0.6) is 0 Å². The van der Waals surface area contributed by atoms with E-state index in [0.29, 0.717) is 18.7 Å². The maximum absolute atomic E-state index is 12.1. The van der Waals surface area contributed by atoms with Crippen LogP contribution >= 0.6 is 0 Å². The lowest BCUT2D eigenvalue weighted by molar-refractivity contribution is -0.123. The maximum Gasteiger partial charge on any atom is 0.234 e. The Balaban J connectivity index is 1.66.